The van der Waals surface area contributed by atoms with Crippen LogP contribution in [0.3, 0.4) is 0 Å². The Morgan fingerprint density at radius 1 is 1.24 bits per heavy atom. The van der Waals surface area contributed by atoms with Crippen LogP contribution in [-0.4, -0.2) is 35.0 Å². The molecule has 1 aliphatic heterocycles. The van der Waals surface area contributed by atoms with Gasteiger partial charge in [-0.05, 0) is 42.7 Å². The Labute approximate surface area is 124 Å². The monoisotopic (exact) mass is 287 g/mol. The molecule has 1 saturated carbocycles. The first kappa shape index (κ1) is 14.1. The van der Waals surface area contributed by atoms with E-state index in [0.717, 1.165) is 24.0 Å². The molecule has 0 unspecified atom stereocenters. The van der Waals surface area contributed by atoms with E-state index < -0.39 is 5.97 Å². The van der Waals surface area contributed by atoms with Crippen molar-refractivity contribution >= 4 is 11.9 Å². The fourth-order valence-electron chi connectivity index (χ4n) is 3.38. The van der Waals surface area contributed by atoms with Crippen LogP contribution in [0.25, 0.3) is 0 Å². The average Bonchev–Trinajstić information content (AvgIpc) is 3.19. The molecule has 0 spiro atoms. The number of hydrogen-bond acceptors (Lipinski definition) is 2. The Balaban J connectivity index is 1.68. The highest BCUT2D eigenvalue weighted by atomic mass is 16.4. The molecule has 0 radical (unpaired) electrons. The van der Waals surface area contributed by atoms with Gasteiger partial charge in [0.25, 0.3) is 0 Å². The summed E-state index contributed by atoms with van der Waals surface area (Å²) < 4.78 is 0. The Hall–Kier alpha value is -1.84. The molecule has 1 heterocycles. The molecule has 1 amide bonds. The number of benzene rings is 1. The molecule has 21 heavy (non-hydrogen) atoms. The van der Waals surface area contributed by atoms with Crippen LogP contribution in [0.5, 0.6) is 0 Å². The molecular formula is C17H21NO3. The summed E-state index contributed by atoms with van der Waals surface area (Å²) in [6, 6.07) is 7.87. The number of carbonyl (C=O) groups is 2. The number of likely N-dealkylation sites (tertiary alicyclic amines) is 1. The van der Waals surface area contributed by atoms with Crippen LogP contribution in [0, 0.1) is 24.7 Å². The number of carboxylic acid groups (broad SMARTS) is 1. The first-order chi connectivity index (χ1) is 10.1. The summed E-state index contributed by atoms with van der Waals surface area (Å²) in [4.78, 5) is 25.6. The summed E-state index contributed by atoms with van der Waals surface area (Å²) in [5.41, 5.74) is 2.14. The second-order valence-corrected chi connectivity index (χ2v) is 6.35. The van der Waals surface area contributed by atoms with Gasteiger partial charge >= 0.3 is 5.97 Å². The summed E-state index contributed by atoms with van der Waals surface area (Å²) in [5.74, 6) is -0.402. The molecule has 1 aliphatic carbocycles. The van der Waals surface area contributed by atoms with E-state index in [1.165, 1.54) is 0 Å². The number of rotatable bonds is 4. The van der Waals surface area contributed by atoms with Gasteiger partial charge < -0.3 is 10.0 Å². The highest BCUT2D eigenvalue weighted by molar-refractivity contribution is 5.81. The molecule has 0 bridgehead atoms. The fourth-order valence-corrected chi connectivity index (χ4v) is 3.38. The predicted molar refractivity (Wildman–Crippen MR) is 78.8 cm³/mol. The van der Waals surface area contributed by atoms with E-state index in [9.17, 15) is 14.7 Å². The lowest BCUT2D eigenvalue weighted by Crippen LogP contribution is -2.31. The van der Waals surface area contributed by atoms with Gasteiger partial charge in [0.1, 0.15) is 0 Å². The highest BCUT2D eigenvalue weighted by Gasteiger charge is 2.46. The van der Waals surface area contributed by atoms with Crippen molar-refractivity contribution in [3.05, 3.63) is 35.4 Å². The number of aryl methyl sites for hydroxylation is 1. The average molecular weight is 287 g/mol. The fraction of sp³-hybridized carbons (Fsp3) is 0.529. The topological polar surface area (TPSA) is 57.6 Å². The van der Waals surface area contributed by atoms with Gasteiger partial charge in [-0.1, -0.05) is 24.3 Å². The second kappa shape index (κ2) is 5.51. The van der Waals surface area contributed by atoms with E-state index in [1.54, 1.807) is 4.90 Å². The highest BCUT2D eigenvalue weighted by Crippen LogP contribution is 2.44. The summed E-state index contributed by atoms with van der Waals surface area (Å²) in [5, 5.41) is 9.36. The standard InChI is InChI=1S/C17H21NO3/c1-11-4-2-3-5-13(11)8-16(19)18-9-14(12-6-7-12)15(10-18)17(20)21/h2-5,12,14-15H,6-10H2,1H3,(H,20,21)/t14-,15+/m0/s1. The number of amides is 1. The van der Waals surface area contributed by atoms with Gasteiger partial charge in [-0.3, -0.25) is 9.59 Å². The van der Waals surface area contributed by atoms with E-state index in [2.05, 4.69) is 0 Å². The molecule has 2 aliphatic rings. The van der Waals surface area contributed by atoms with Gasteiger partial charge in [-0.25, -0.2) is 0 Å². The minimum Gasteiger partial charge on any atom is -0.481 e. The maximum absolute atomic E-state index is 12.5. The molecule has 112 valence electrons. The number of aliphatic carboxylic acids is 1. The van der Waals surface area contributed by atoms with E-state index >= 15 is 0 Å². The van der Waals surface area contributed by atoms with E-state index in [-0.39, 0.29) is 17.7 Å². The van der Waals surface area contributed by atoms with Crippen LogP contribution in [0.2, 0.25) is 0 Å². The van der Waals surface area contributed by atoms with Gasteiger partial charge in [0.15, 0.2) is 0 Å². The molecule has 1 N–H and O–H groups in total. The lowest BCUT2D eigenvalue weighted by Gasteiger charge is -2.17. The molecule has 2 fully saturated rings. The van der Waals surface area contributed by atoms with Gasteiger partial charge in [0, 0.05) is 13.1 Å². The Morgan fingerprint density at radius 2 is 1.95 bits per heavy atom. The van der Waals surface area contributed by atoms with E-state index in [0.29, 0.717) is 25.4 Å². The van der Waals surface area contributed by atoms with E-state index in [1.807, 2.05) is 31.2 Å². The largest absolute Gasteiger partial charge is 0.481 e. The van der Waals surface area contributed by atoms with Crippen molar-refractivity contribution in [3.8, 4) is 0 Å². The molecule has 1 aromatic rings. The van der Waals surface area contributed by atoms with Crippen LogP contribution in [0.4, 0.5) is 0 Å². The lowest BCUT2D eigenvalue weighted by molar-refractivity contribution is -0.142. The SMILES string of the molecule is Cc1ccccc1CC(=O)N1C[C@@H](C(=O)O)[C@H](C2CC2)C1. The summed E-state index contributed by atoms with van der Waals surface area (Å²) in [6.45, 7) is 2.99. The minimum absolute atomic E-state index is 0.0544. The van der Waals surface area contributed by atoms with Crippen molar-refractivity contribution in [3.63, 3.8) is 0 Å². The van der Waals surface area contributed by atoms with Crippen molar-refractivity contribution < 1.29 is 14.7 Å². The first-order valence-corrected chi connectivity index (χ1v) is 7.61. The molecule has 3 rings (SSSR count). The summed E-state index contributed by atoms with van der Waals surface area (Å²) >= 11 is 0. The third kappa shape index (κ3) is 2.94. The number of nitrogens with zero attached hydrogens (tertiary/aromatic N) is 1. The van der Waals surface area contributed by atoms with Crippen LogP contribution >= 0.6 is 0 Å². The van der Waals surface area contributed by atoms with Crippen LogP contribution < -0.4 is 0 Å². The Kier molecular flexibility index (Phi) is 3.70. The normalized spacial score (nSPS) is 25.1. The minimum atomic E-state index is -0.752. The predicted octanol–water partition coefficient (Wildman–Crippen LogP) is 2.11. The first-order valence-electron chi connectivity index (χ1n) is 7.61. The van der Waals surface area contributed by atoms with Crippen LogP contribution in [-0.2, 0) is 16.0 Å². The Morgan fingerprint density at radius 3 is 2.57 bits per heavy atom. The summed E-state index contributed by atoms with van der Waals surface area (Å²) in [7, 11) is 0. The molecule has 2 atom stereocenters. The van der Waals surface area contributed by atoms with Crippen molar-refractivity contribution in [2.24, 2.45) is 17.8 Å². The van der Waals surface area contributed by atoms with Gasteiger partial charge in [-0.15, -0.1) is 0 Å². The van der Waals surface area contributed by atoms with Crippen molar-refractivity contribution in [1.82, 2.24) is 4.90 Å². The zero-order valence-corrected chi connectivity index (χ0v) is 12.3. The molecule has 4 nitrogen and oxygen atoms in total. The molecule has 4 heteroatoms. The van der Waals surface area contributed by atoms with Crippen molar-refractivity contribution in [1.29, 1.82) is 0 Å². The number of hydrogen-bond donors (Lipinski definition) is 1. The number of carbonyl (C=O) groups excluding carboxylic acids is 1. The number of carboxylic acids is 1. The van der Waals surface area contributed by atoms with Crippen molar-refractivity contribution in [2.45, 2.75) is 26.2 Å². The van der Waals surface area contributed by atoms with Gasteiger partial charge in [0.05, 0.1) is 12.3 Å². The zero-order valence-electron chi connectivity index (χ0n) is 12.3. The van der Waals surface area contributed by atoms with Gasteiger partial charge in [0.2, 0.25) is 5.91 Å². The van der Waals surface area contributed by atoms with Crippen LogP contribution in [0.15, 0.2) is 24.3 Å². The third-order valence-corrected chi connectivity index (χ3v) is 4.87. The lowest BCUT2D eigenvalue weighted by atomic mass is 9.92. The van der Waals surface area contributed by atoms with Crippen LogP contribution in [0.1, 0.15) is 24.0 Å². The molecular weight excluding hydrogens is 266 g/mol. The van der Waals surface area contributed by atoms with Crippen molar-refractivity contribution in [2.75, 3.05) is 13.1 Å². The second-order valence-electron chi connectivity index (χ2n) is 6.35. The molecule has 1 saturated heterocycles. The summed E-state index contributed by atoms with van der Waals surface area (Å²) in [6.07, 6.45) is 2.61. The quantitative estimate of drug-likeness (QED) is 0.922. The maximum atomic E-state index is 12.5. The van der Waals surface area contributed by atoms with Gasteiger partial charge in [-0.2, -0.15) is 0 Å². The van der Waals surface area contributed by atoms with E-state index in [4.69, 9.17) is 0 Å². The third-order valence-electron chi connectivity index (χ3n) is 4.87. The molecule has 1 aromatic carbocycles. The molecule has 0 aromatic heterocycles. The maximum Gasteiger partial charge on any atom is 0.308 e. The Bertz CT molecular complexity index is 565. The smallest absolute Gasteiger partial charge is 0.308 e. The zero-order chi connectivity index (χ0) is 15.0.